The van der Waals surface area contributed by atoms with Crippen LogP contribution < -0.4 is 5.32 Å². The van der Waals surface area contributed by atoms with Gasteiger partial charge in [-0.2, -0.15) is 8.78 Å². The lowest BCUT2D eigenvalue weighted by Gasteiger charge is -2.10. The molecule has 1 aromatic carbocycles. The fraction of sp³-hybridized carbons (Fsp3) is 0.400. The second-order valence-corrected chi connectivity index (χ2v) is 7.68. The van der Waals surface area contributed by atoms with Crippen LogP contribution in [-0.4, -0.2) is 32.1 Å². The van der Waals surface area contributed by atoms with Gasteiger partial charge in [-0.1, -0.05) is 37.4 Å². The van der Waals surface area contributed by atoms with Crippen LogP contribution in [0.5, 0.6) is 0 Å². The van der Waals surface area contributed by atoms with Crippen LogP contribution in [-0.2, 0) is 4.79 Å². The van der Waals surface area contributed by atoms with Gasteiger partial charge in [0.05, 0.1) is 5.25 Å². The number of nitrogens with one attached hydrogen (secondary N) is 2. The number of aromatic nitrogens is 3. The summed E-state index contributed by atoms with van der Waals surface area (Å²) in [4.78, 5) is 17.0. The molecule has 1 atom stereocenters. The number of benzene rings is 1. The molecule has 0 aliphatic heterocycles. The maximum atomic E-state index is 12.3. The van der Waals surface area contributed by atoms with Gasteiger partial charge < -0.3 is 5.32 Å². The molecule has 1 amide bonds. The minimum absolute atomic E-state index is 0.204. The summed E-state index contributed by atoms with van der Waals surface area (Å²) >= 11 is 1.72. The third-order valence-electron chi connectivity index (χ3n) is 3.03. The van der Waals surface area contributed by atoms with Crippen LogP contribution in [0.4, 0.5) is 14.5 Å². The van der Waals surface area contributed by atoms with Gasteiger partial charge >= 0.3 is 0 Å². The van der Waals surface area contributed by atoms with Gasteiger partial charge in [-0.05, 0) is 31.2 Å². The molecule has 1 aromatic heterocycles. The fourth-order valence-corrected chi connectivity index (χ4v) is 2.97. The highest BCUT2D eigenvalue weighted by Crippen LogP contribution is 2.27. The molecule has 0 saturated heterocycles. The summed E-state index contributed by atoms with van der Waals surface area (Å²) in [6.07, 6.45) is 0. The average Bonchev–Trinajstić information content (AvgIpc) is 2.97. The van der Waals surface area contributed by atoms with Crippen LogP contribution in [0.25, 0.3) is 0 Å². The number of hydrogen-bond acceptors (Lipinski definition) is 5. The van der Waals surface area contributed by atoms with Crippen molar-refractivity contribution in [2.75, 3.05) is 5.32 Å². The molecule has 130 valence electrons. The molecule has 24 heavy (non-hydrogen) atoms. The number of thioether (sulfide) groups is 2. The molecular formula is C15H18F2N4OS2. The zero-order valence-electron chi connectivity index (χ0n) is 13.4. The number of halogens is 2. The number of carbonyl (C=O) groups is 1. The normalized spacial score (nSPS) is 12.6. The van der Waals surface area contributed by atoms with Crippen LogP contribution in [0.15, 0.2) is 34.3 Å². The molecular weight excluding hydrogens is 354 g/mol. The highest BCUT2D eigenvalue weighted by molar-refractivity contribution is 8.00. The molecule has 1 heterocycles. The number of nitrogens with zero attached hydrogens (tertiary/aromatic N) is 2. The van der Waals surface area contributed by atoms with E-state index in [-0.39, 0.29) is 11.8 Å². The molecule has 0 aliphatic rings. The van der Waals surface area contributed by atoms with E-state index in [4.69, 9.17) is 0 Å². The average molecular weight is 372 g/mol. The van der Waals surface area contributed by atoms with Gasteiger partial charge in [0.2, 0.25) is 11.1 Å². The Hall–Kier alpha value is -1.61. The highest BCUT2D eigenvalue weighted by atomic mass is 32.2. The first-order valence-electron chi connectivity index (χ1n) is 7.30. The van der Waals surface area contributed by atoms with E-state index >= 15 is 0 Å². The molecule has 9 heteroatoms. The summed E-state index contributed by atoms with van der Waals surface area (Å²) in [6.45, 7) is 5.76. The van der Waals surface area contributed by atoms with E-state index in [1.165, 1.54) is 11.8 Å². The number of anilines is 1. The minimum atomic E-state index is -2.46. The standard InChI is InChI=1S/C15H18F2N4OS2/c1-8(2)12-19-15(21-20-12)23-9(3)13(22)18-10-4-6-11(7-5-10)24-14(16)17/h4-9,14H,1-3H3,(H,18,22)(H,19,20,21)/t9-/m1/s1. The van der Waals surface area contributed by atoms with Crippen molar-refractivity contribution >= 4 is 35.1 Å². The van der Waals surface area contributed by atoms with E-state index in [1.54, 1.807) is 31.2 Å². The number of rotatable bonds is 7. The summed E-state index contributed by atoms with van der Waals surface area (Å²) in [5.41, 5.74) is 0.559. The molecule has 0 fully saturated rings. The summed E-state index contributed by atoms with van der Waals surface area (Å²) in [6, 6.07) is 6.30. The van der Waals surface area contributed by atoms with Crippen molar-refractivity contribution in [2.24, 2.45) is 0 Å². The van der Waals surface area contributed by atoms with E-state index in [1.807, 2.05) is 13.8 Å². The number of hydrogen-bond donors (Lipinski definition) is 2. The second-order valence-electron chi connectivity index (χ2n) is 5.31. The van der Waals surface area contributed by atoms with E-state index in [9.17, 15) is 13.6 Å². The van der Waals surface area contributed by atoms with Crippen LogP contribution in [0.2, 0.25) is 0 Å². The molecule has 0 spiro atoms. The van der Waals surface area contributed by atoms with Crippen molar-refractivity contribution in [3.8, 4) is 0 Å². The molecule has 0 radical (unpaired) electrons. The topological polar surface area (TPSA) is 70.7 Å². The number of aromatic amines is 1. The summed E-state index contributed by atoms with van der Waals surface area (Å²) in [7, 11) is 0. The number of carbonyl (C=O) groups excluding carboxylic acids is 1. The maximum Gasteiger partial charge on any atom is 0.288 e. The quantitative estimate of drug-likeness (QED) is 0.707. The lowest BCUT2D eigenvalue weighted by atomic mass is 10.2. The monoisotopic (exact) mass is 372 g/mol. The van der Waals surface area contributed by atoms with Gasteiger partial charge in [0.15, 0.2) is 0 Å². The van der Waals surface area contributed by atoms with Crippen LogP contribution in [0.1, 0.15) is 32.5 Å². The Kier molecular flexibility index (Phi) is 6.61. The third kappa shape index (κ3) is 5.48. The molecule has 0 unspecified atom stereocenters. The summed E-state index contributed by atoms with van der Waals surface area (Å²) < 4.78 is 24.5. The number of H-pyrrole nitrogens is 1. The Labute approximate surface area is 147 Å². The third-order valence-corrected chi connectivity index (χ3v) is 4.71. The molecule has 5 nitrogen and oxygen atoms in total. The molecule has 0 bridgehead atoms. The Morgan fingerprint density at radius 3 is 2.38 bits per heavy atom. The van der Waals surface area contributed by atoms with E-state index in [2.05, 4.69) is 20.5 Å². The molecule has 0 aliphatic carbocycles. The van der Waals surface area contributed by atoms with Crippen molar-refractivity contribution < 1.29 is 13.6 Å². The van der Waals surface area contributed by atoms with Crippen LogP contribution >= 0.6 is 23.5 Å². The Bertz CT molecular complexity index is 676. The van der Waals surface area contributed by atoms with E-state index < -0.39 is 11.0 Å². The molecule has 2 aromatic rings. The van der Waals surface area contributed by atoms with Crippen molar-refractivity contribution in [1.29, 1.82) is 0 Å². The predicted octanol–water partition coefficient (Wildman–Crippen LogP) is 4.36. The second kappa shape index (κ2) is 8.48. The predicted molar refractivity (Wildman–Crippen MR) is 92.7 cm³/mol. The van der Waals surface area contributed by atoms with Gasteiger partial charge in [0.25, 0.3) is 5.76 Å². The zero-order valence-corrected chi connectivity index (χ0v) is 15.0. The largest absolute Gasteiger partial charge is 0.325 e. The number of alkyl halides is 2. The summed E-state index contributed by atoms with van der Waals surface area (Å²) in [5, 5.41) is 9.80. The lowest BCUT2D eigenvalue weighted by Crippen LogP contribution is -2.22. The SMILES string of the molecule is CC(C)c1nc(S[C@H](C)C(=O)Nc2ccc(SC(F)F)cc2)n[nH]1. The molecule has 2 rings (SSSR count). The van der Waals surface area contributed by atoms with E-state index in [0.29, 0.717) is 27.5 Å². The highest BCUT2D eigenvalue weighted by Gasteiger charge is 2.18. The first-order chi connectivity index (χ1) is 11.3. The Balaban J connectivity index is 1.90. The van der Waals surface area contributed by atoms with Crippen molar-refractivity contribution in [3.05, 3.63) is 30.1 Å². The smallest absolute Gasteiger partial charge is 0.288 e. The Morgan fingerprint density at radius 1 is 1.17 bits per heavy atom. The maximum absolute atomic E-state index is 12.3. The van der Waals surface area contributed by atoms with Crippen molar-refractivity contribution in [3.63, 3.8) is 0 Å². The Morgan fingerprint density at radius 2 is 1.83 bits per heavy atom. The molecule has 0 saturated carbocycles. The number of amides is 1. The van der Waals surface area contributed by atoms with Gasteiger partial charge in [0.1, 0.15) is 5.82 Å². The van der Waals surface area contributed by atoms with Gasteiger partial charge in [0, 0.05) is 16.5 Å². The van der Waals surface area contributed by atoms with Crippen LogP contribution in [0.3, 0.4) is 0 Å². The van der Waals surface area contributed by atoms with Gasteiger partial charge in [-0.3, -0.25) is 9.89 Å². The first-order valence-corrected chi connectivity index (χ1v) is 9.05. The zero-order chi connectivity index (χ0) is 17.7. The summed E-state index contributed by atoms with van der Waals surface area (Å²) in [5.74, 6) is -1.65. The minimum Gasteiger partial charge on any atom is -0.325 e. The van der Waals surface area contributed by atoms with E-state index in [0.717, 1.165) is 5.82 Å². The molecule has 2 N–H and O–H groups in total. The van der Waals surface area contributed by atoms with Crippen molar-refractivity contribution in [1.82, 2.24) is 15.2 Å². The van der Waals surface area contributed by atoms with Crippen molar-refractivity contribution in [2.45, 2.75) is 47.7 Å². The van der Waals surface area contributed by atoms with Gasteiger partial charge in [-0.25, -0.2) is 4.98 Å². The van der Waals surface area contributed by atoms with Crippen LogP contribution in [0, 0.1) is 0 Å². The first kappa shape index (κ1) is 18.7. The lowest BCUT2D eigenvalue weighted by molar-refractivity contribution is -0.115. The van der Waals surface area contributed by atoms with Gasteiger partial charge in [-0.15, -0.1) is 5.10 Å². The fourth-order valence-electron chi connectivity index (χ4n) is 1.74.